The molecule has 3 aromatic rings. The molecule has 0 aliphatic rings. The molecule has 140 valence electrons. The lowest BCUT2D eigenvalue weighted by Crippen LogP contribution is -2.23. The second kappa shape index (κ2) is 8.37. The van der Waals surface area contributed by atoms with Gasteiger partial charge in [0.1, 0.15) is 12.3 Å². The molecular formula is C19H17ClN2O4S. The normalized spacial score (nSPS) is 11.6. The largest absolute Gasteiger partial charge is 0.496 e. The highest BCUT2D eigenvalue weighted by Gasteiger charge is 2.15. The first-order chi connectivity index (χ1) is 13.0. The quantitative estimate of drug-likeness (QED) is 0.608. The number of carbonyl (C=O) groups excluding carboxylic acids is 2. The Bertz CT molecular complexity index is 1070. The molecule has 0 N–H and O–H groups in total. The third kappa shape index (κ3) is 4.20. The number of benzene rings is 2. The molecule has 0 aliphatic heterocycles. The molecule has 2 aromatic carbocycles. The molecule has 0 saturated carbocycles. The summed E-state index contributed by atoms with van der Waals surface area (Å²) >= 11 is 7.35. The number of amides is 1. The van der Waals surface area contributed by atoms with Gasteiger partial charge in [0.05, 0.1) is 29.5 Å². The monoisotopic (exact) mass is 404 g/mol. The number of para-hydroxylation sites is 1. The van der Waals surface area contributed by atoms with Crippen molar-refractivity contribution in [1.29, 1.82) is 0 Å². The lowest BCUT2D eigenvalue weighted by atomic mass is 10.2. The van der Waals surface area contributed by atoms with Crippen LogP contribution in [0.5, 0.6) is 5.75 Å². The fraction of sp³-hybridized carbons (Fsp3) is 0.211. The maximum absolute atomic E-state index is 12.7. The van der Waals surface area contributed by atoms with Crippen molar-refractivity contribution in [3.8, 4) is 5.75 Å². The van der Waals surface area contributed by atoms with Crippen LogP contribution in [0.1, 0.15) is 17.3 Å². The number of esters is 1. The number of fused-ring (bicyclic) bond motifs is 1. The maximum atomic E-state index is 12.7. The Kier molecular flexibility index (Phi) is 5.93. The summed E-state index contributed by atoms with van der Waals surface area (Å²) in [6.45, 7) is 1.97. The van der Waals surface area contributed by atoms with Gasteiger partial charge in [-0.15, -0.1) is 0 Å². The van der Waals surface area contributed by atoms with E-state index in [0.29, 0.717) is 21.1 Å². The second-order valence-electron chi connectivity index (χ2n) is 5.51. The topological polar surface area (TPSA) is 69.9 Å². The van der Waals surface area contributed by atoms with Gasteiger partial charge in [-0.3, -0.25) is 9.59 Å². The molecule has 0 radical (unpaired) electrons. The third-order valence-corrected chi connectivity index (χ3v) is 5.05. The van der Waals surface area contributed by atoms with E-state index in [1.165, 1.54) is 18.4 Å². The first-order valence-electron chi connectivity index (χ1n) is 8.20. The smallest absolute Gasteiger partial charge is 0.326 e. The van der Waals surface area contributed by atoms with E-state index < -0.39 is 11.9 Å². The van der Waals surface area contributed by atoms with Gasteiger partial charge in [-0.25, -0.2) is 0 Å². The standard InChI is InChI=1S/C19H17ClN2O4S/c1-3-26-17(23)11-22-14-9-8-12(20)10-16(14)27-19(22)21-18(24)13-6-4-5-7-15(13)25-2/h4-10H,3,11H2,1-2H3. The lowest BCUT2D eigenvalue weighted by Gasteiger charge is -2.06. The van der Waals surface area contributed by atoms with Crippen LogP contribution in [0.3, 0.4) is 0 Å². The van der Waals surface area contributed by atoms with Gasteiger partial charge in [0, 0.05) is 5.02 Å². The van der Waals surface area contributed by atoms with E-state index in [0.717, 1.165) is 10.2 Å². The van der Waals surface area contributed by atoms with Crippen LogP contribution in [0, 0.1) is 0 Å². The molecule has 6 nitrogen and oxygen atoms in total. The number of hydrogen-bond acceptors (Lipinski definition) is 5. The first kappa shape index (κ1) is 19.1. The molecule has 27 heavy (non-hydrogen) atoms. The van der Waals surface area contributed by atoms with Crippen molar-refractivity contribution in [3.63, 3.8) is 0 Å². The van der Waals surface area contributed by atoms with E-state index in [2.05, 4.69) is 4.99 Å². The highest BCUT2D eigenvalue weighted by atomic mass is 35.5. The summed E-state index contributed by atoms with van der Waals surface area (Å²) in [6, 6.07) is 12.1. The summed E-state index contributed by atoms with van der Waals surface area (Å²) in [5.74, 6) is -0.423. The molecular weight excluding hydrogens is 388 g/mol. The Balaban J connectivity index is 2.13. The number of hydrogen-bond donors (Lipinski definition) is 0. The molecule has 0 aliphatic carbocycles. The molecule has 1 amide bonds. The van der Waals surface area contributed by atoms with Crippen LogP contribution in [0.4, 0.5) is 0 Å². The highest BCUT2D eigenvalue weighted by molar-refractivity contribution is 7.16. The Morgan fingerprint density at radius 2 is 2.00 bits per heavy atom. The van der Waals surface area contributed by atoms with E-state index in [-0.39, 0.29) is 13.2 Å². The van der Waals surface area contributed by atoms with Crippen LogP contribution in [-0.2, 0) is 16.1 Å². The fourth-order valence-electron chi connectivity index (χ4n) is 2.59. The SMILES string of the molecule is CCOC(=O)Cn1c(=NC(=O)c2ccccc2OC)sc2cc(Cl)ccc21. The number of thiazole rings is 1. The van der Waals surface area contributed by atoms with Crippen molar-refractivity contribution in [3.05, 3.63) is 57.9 Å². The molecule has 0 atom stereocenters. The highest BCUT2D eigenvalue weighted by Crippen LogP contribution is 2.23. The first-order valence-corrected chi connectivity index (χ1v) is 9.39. The Hall–Kier alpha value is -2.64. The molecule has 8 heteroatoms. The van der Waals surface area contributed by atoms with Crippen LogP contribution >= 0.6 is 22.9 Å². The van der Waals surface area contributed by atoms with Gasteiger partial charge < -0.3 is 14.0 Å². The fourth-order valence-corrected chi connectivity index (χ4v) is 3.89. The average molecular weight is 405 g/mol. The Morgan fingerprint density at radius 1 is 1.22 bits per heavy atom. The van der Waals surface area contributed by atoms with Gasteiger partial charge in [-0.2, -0.15) is 4.99 Å². The van der Waals surface area contributed by atoms with Gasteiger partial charge in [0.25, 0.3) is 5.91 Å². The molecule has 0 bridgehead atoms. The van der Waals surface area contributed by atoms with Gasteiger partial charge in [0.15, 0.2) is 4.80 Å². The zero-order chi connectivity index (χ0) is 19.4. The van der Waals surface area contributed by atoms with Crippen molar-refractivity contribution in [2.24, 2.45) is 4.99 Å². The minimum Gasteiger partial charge on any atom is -0.496 e. The van der Waals surface area contributed by atoms with Crippen LogP contribution < -0.4 is 9.54 Å². The number of halogens is 1. The van der Waals surface area contributed by atoms with Crippen molar-refractivity contribution < 1.29 is 19.1 Å². The number of methoxy groups -OCH3 is 1. The summed E-state index contributed by atoms with van der Waals surface area (Å²) in [4.78, 5) is 29.3. The third-order valence-electron chi connectivity index (χ3n) is 3.77. The molecule has 1 aromatic heterocycles. The van der Waals surface area contributed by atoms with Crippen LogP contribution in [0.25, 0.3) is 10.2 Å². The number of ether oxygens (including phenoxy) is 2. The van der Waals surface area contributed by atoms with Gasteiger partial charge >= 0.3 is 5.97 Å². The number of nitrogens with zero attached hydrogens (tertiary/aromatic N) is 2. The van der Waals surface area contributed by atoms with E-state index in [1.54, 1.807) is 54.0 Å². The minimum absolute atomic E-state index is 0.0481. The molecule has 0 fully saturated rings. The zero-order valence-corrected chi connectivity index (χ0v) is 16.3. The summed E-state index contributed by atoms with van der Waals surface area (Å²) < 4.78 is 12.7. The van der Waals surface area contributed by atoms with Crippen LogP contribution in [0.2, 0.25) is 5.02 Å². The molecule has 0 spiro atoms. The van der Waals surface area contributed by atoms with Crippen molar-refractivity contribution >= 4 is 45.0 Å². The molecule has 0 unspecified atom stereocenters. The minimum atomic E-state index is -0.456. The van der Waals surface area contributed by atoms with Gasteiger partial charge in [0.2, 0.25) is 0 Å². The van der Waals surface area contributed by atoms with Gasteiger partial charge in [-0.05, 0) is 37.3 Å². The average Bonchev–Trinajstić information content (AvgIpc) is 2.97. The van der Waals surface area contributed by atoms with E-state index in [1.807, 2.05) is 0 Å². The van der Waals surface area contributed by atoms with E-state index in [9.17, 15) is 9.59 Å². The summed E-state index contributed by atoms with van der Waals surface area (Å²) in [7, 11) is 1.49. The number of aromatic nitrogens is 1. The summed E-state index contributed by atoms with van der Waals surface area (Å²) in [5.41, 5.74) is 1.10. The van der Waals surface area contributed by atoms with Gasteiger partial charge in [-0.1, -0.05) is 35.1 Å². The lowest BCUT2D eigenvalue weighted by molar-refractivity contribution is -0.143. The predicted octanol–water partition coefficient (Wildman–Crippen LogP) is 3.67. The van der Waals surface area contributed by atoms with Crippen molar-refractivity contribution in [2.45, 2.75) is 13.5 Å². The maximum Gasteiger partial charge on any atom is 0.326 e. The summed E-state index contributed by atoms with van der Waals surface area (Å²) in [6.07, 6.45) is 0. The van der Waals surface area contributed by atoms with E-state index in [4.69, 9.17) is 21.1 Å². The summed E-state index contributed by atoms with van der Waals surface area (Å²) in [5, 5.41) is 0.564. The van der Waals surface area contributed by atoms with Crippen molar-refractivity contribution in [1.82, 2.24) is 4.57 Å². The number of carbonyl (C=O) groups is 2. The van der Waals surface area contributed by atoms with Crippen molar-refractivity contribution in [2.75, 3.05) is 13.7 Å². The predicted molar refractivity (Wildman–Crippen MR) is 104 cm³/mol. The zero-order valence-electron chi connectivity index (χ0n) is 14.8. The molecule has 1 heterocycles. The Morgan fingerprint density at radius 3 is 2.74 bits per heavy atom. The molecule has 0 saturated heterocycles. The second-order valence-corrected chi connectivity index (χ2v) is 6.95. The molecule has 3 rings (SSSR count). The van der Waals surface area contributed by atoms with E-state index >= 15 is 0 Å². The number of rotatable bonds is 5. The van der Waals surface area contributed by atoms with Crippen LogP contribution in [0.15, 0.2) is 47.5 Å². The Labute approximate surface area is 164 Å². The van der Waals surface area contributed by atoms with Crippen LogP contribution in [-0.4, -0.2) is 30.2 Å².